The maximum Gasteiger partial charge on any atom is 0.411 e. The van der Waals surface area contributed by atoms with Gasteiger partial charge in [-0.15, -0.1) is 0 Å². The average Bonchev–Trinajstić information content (AvgIpc) is 3.06. The van der Waals surface area contributed by atoms with E-state index in [0.29, 0.717) is 28.9 Å². The molecule has 0 bridgehead atoms. The van der Waals surface area contributed by atoms with E-state index in [0.717, 1.165) is 17.3 Å². The zero-order valence-corrected chi connectivity index (χ0v) is 17.7. The largest absolute Gasteiger partial charge is 0.444 e. The molecule has 160 valence electrons. The lowest BCUT2D eigenvalue weighted by molar-refractivity contribution is 0.0218. The summed E-state index contributed by atoms with van der Waals surface area (Å²) in [7, 11) is 0. The summed E-state index contributed by atoms with van der Waals surface area (Å²) >= 11 is 0. The van der Waals surface area contributed by atoms with Crippen LogP contribution in [-0.2, 0) is 17.7 Å². The fourth-order valence-corrected chi connectivity index (χ4v) is 3.79. The maximum absolute atomic E-state index is 14.6. The van der Waals surface area contributed by atoms with Crippen molar-refractivity contribution in [2.75, 3.05) is 6.54 Å². The van der Waals surface area contributed by atoms with Crippen molar-refractivity contribution in [3.05, 3.63) is 77.0 Å². The lowest BCUT2D eigenvalue weighted by Crippen LogP contribution is -2.42. The second-order valence-corrected chi connectivity index (χ2v) is 8.61. The third-order valence-electron chi connectivity index (χ3n) is 5.06. The Morgan fingerprint density at radius 3 is 2.61 bits per heavy atom. The van der Waals surface area contributed by atoms with Gasteiger partial charge in [0.25, 0.3) is 0 Å². The summed E-state index contributed by atoms with van der Waals surface area (Å²) in [6.45, 7) is 5.43. The third kappa shape index (κ3) is 4.35. The number of aromatic amines is 1. The molecule has 1 aromatic carbocycles. The molecule has 3 aromatic rings. The minimum absolute atomic E-state index is 0.0835. The van der Waals surface area contributed by atoms with Gasteiger partial charge in [-0.1, -0.05) is 30.3 Å². The van der Waals surface area contributed by atoms with Crippen molar-refractivity contribution >= 4 is 11.9 Å². The number of ketones is 1. The fourth-order valence-electron chi connectivity index (χ4n) is 3.79. The number of H-pyrrole nitrogens is 1. The number of halogens is 1. The van der Waals surface area contributed by atoms with Crippen LogP contribution >= 0.6 is 0 Å². The summed E-state index contributed by atoms with van der Waals surface area (Å²) in [6, 6.07) is 11.3. The maximum atomic E-state index is 14.6. The van der Waals surface area contributed by atoms with Crippen molar-refractivity contribution in [2.24, 2.45) is 0 Å². The quantitative estimate of drug-likeness (QED) is 0.663. The summed E-state index contributed by atoms with van der Waals surface area (Å²) in [4.78, 5) is 34.1. The zero-order valence-electron chi connectivity index (χ0n) is 17.7. The second-order valence-electron chi connectivity index (χ2n) is 8.61. The van der Waals surface area contributed by atoms with Gasteiger partial charge < -0.3 is 9.72 Å². The van der Waals surface area contributed by atoms with Crippen molar-refractivity contribution < 1.29 is 18.7 Å². The van der Waals surface area contributed by atoms with Crippen molar-refractivity contribution in [2.45, 2.75) is 39.3 Å². The summed E-state index contributed by atoms with van der Waals surface area (Å²) in [5, 5.41) is 0. The lowest BCUT2D eigenvalue weighted by atomic mass is 9.93. The molecule has 4 rings (SSSR count). The first-order valence-corrected chi connectivity index (χ1v) is 10.1. The van der Waals surface area contributed by atoms with Crippen LogP contribution in [0.25, 0.3) is 11.3 Å². The van der Waals surface area contributed by atoms with E-state index in [-0.39, 0.29) is 18.9 Å². The molecule has 0 atom stereocenters. The molecule has 0 spiro atoms. The standard InChI is InChI=1S/C24H24FN3O3/c1-24(2,3)31-23(30)28-13-19-21(20(29)14-28)17(11-15-7-5-4-6-8-15)22(27-19)16-9-10-26-12-18(16)25/h4-10,12,27H,11,13-14H2,1-3H3. The number of nitrogens with one attached hydrogen (secondary N) is 1. The summed E-state index contributed by atoms with van der Waals surface area (Å²) in [5.41, 5.74) is 3.04. The Morgan fingerprint density at radius 1 is 1.19 bits per heavy atom. The highest BCUT2D eigenvalue weighted by molar-refractivity contribution is 6.04. The molecule has 1 aliphatic heterocycles. The SMILES string of the molecule is CC(C)(C)OC(=O)N1CC(=O)c2c([nH]c(-c3ccncc3F)c2Cc2ccccc2)C1. The Labute approximate surface area is 180 Å². The number of hydrogen-bond donors (Lipinski definition) is 1. The van der Waals surface area contributed by atoms with Crippen LogP contribution in [-0.4, -0.2) is 38.9 Å². The van der Waals surface area contributed by atoms with Crippen LogP contribution in [0.1, 0.15) is 48.0 Å². The number of fused-ring (bicyclic) bond motifs is 1. The molecule has 0 aliphatic carbocycles. The molecule has 1 N–H and O–H groups in total. The van der Waals surface area contributed by atoms with Gasteiger partial charge in [0.1, 0.15) is 5.60 Å². The molecule has 0 unspecified atom stereocenters. The van der Waals surface area contributed by atoms with Gasteiger partial charge in [0.2, 0.25) is 0 Å². The van der Waals surface area contributed by atoms with Gasteiger partial charge >= 0.3 is 6.09 Å². The molecule has 2 aromatic heterocycles. The number of nitrogens with zero attached hydrogens (tertiary/aromatic N) is 2. The van der Waals surface area contributed by atoms with E-state index in [1.54, 1.807) is 26.8 Å². The zero-order chi connectivity index (χ0) is 22.2. The van der Waals surface area contributed by atoms with E-state index in [1.807, 2.05) is 30.3 Å². The number of carbonyl (C=O) groups is 2. The first-order valence-electron chi connectivity index (χ1n) is 10.1. The molecule has 0 radical (unpaired) electrons. The Balaban J connectivity index is 1.78. The van der Waals surface area contributed by atoms with Crippen molar-refractivity contribution in [1.82, 2.24) is 14.9 Å². The van der Waals surface area contributed by atoms with Gasteiger partial charge in [0, 0.05) is 29.4 Å². The van der Waals surface area contributed by atoms with Gasteiger partial charge in [-0.05, 0) is 38.0 Å². The number of ether oxygens (including phenoxy) is 1. The van der Waals surface area contributed by atoms with Gasteiger partial charge in [0.05, 0.1) is 25.0 Å². The molecule has 7 heteroatoms. The van der Waals surface area contributed by atoms with Gasteiger partial charge in [0.15, 0.2) is 11.6 Å². The highest BCUT2D eigenvalue weighted by Gasteiger charge is 2.34. The average molecular weight is 421 g/mol. The van der Waals surface area contributed by atoms with E-state index < -0.39 is 17.5 Å². The molecule has 0 saturated carbocycles. The highest BCUT2D eigenvalue weighted by atomic mass is 19.1. The van der Waals surface area contributed by atoms with Crippen LogP contribution < -0.4 is 0 Å². The monoisotopic (exact) mass is 421 g/mol. The number of benzene rings is 1. The second kappa shape index (κ2) is 7.98. The molecule has 1 amide bonds. The first-order chi connectivity index (χ1) is 14.7. The number of amides is 1. The number of pyridine rings is 1. The summed E-state index contributed by atoms with van der Waals surface area (Å²) in [5.74, 6) is -0.679. The highest BCUT2D eigenvalue weighted by Crippen LogP contribution is 2.34. The molecule has 3 heterocycles. The van der Waals surface area contributed by atoms with Gasteiger partial charge in [-0.2, -0.15) is 0 Å². The Kier molecular flexibility index (Phi) is 5.35. The number of aromatic nitrogens is 2. The van der Waals surface area contributed by atoms with E-state index in [2.05, 4.69) is 9.97 Å². The smallest absolute Gasteiger partial charge is 0.411 e. The predicted octanol–water partition coefficient (Wildman–Crippen LogP) is 4.74. The molecular formula is C24H24FN3O3. The molecule has 31 heavy (non-hydrogen) atoms. The molecule has 1 aliphatic rings. The van der Waals surface area contributed by atoms with Crippen LogP contribution in [0.4, 0.5) is 9.18 Å². The van der Waals surface area contributed by atoms with Crippen LogP contribution in [0, 0.1) is 5.82 Å². The summed E-state index contributed by atoms with van der Waals surface area (Å²) < 4.78 is 20.0. The van der Waals surface area contributed by atoms with Gasteiger partial charge in [-0.25, -0.2) is 9.18 Å². The summed E-state index contributed by atoms with van der Waals surface area (Å²) in [6.07, 6.45) is 2.57. The van der Waals surface area contributed by atoms with Crippen LogP contribution in [0.2, 0.25) is 0 Å². The number of hydrogen-bond acceptors (Lipinski definition) is 4. The number of rotatable bonds is 3. The molecule has 0 fully saturated rings. The van der Waals surface area contributed by atoms with E-state index in [9.17, 15) is 14.0 Å². The molecule has 6 nitrogen and oxygen atoms in total. The normalized spacial score (nSPS) is 13.8. The fraction of sp³-hybridized carbons (Fsp3) is 0.292. The Morgan fingerprint density at radius 2 is 1.94 bits per heavy atom. The predicted molar refractivity (Wildman–Crippen MR) is 114 cm³/mol. The van der Waals surface area contributed by atoms with Crippen LogP contribution in [0.5, 0.6) is 0 Å². The topological polar surface area (TPSA) is 75.3 Å². The lowest BCUT2D eigenvalue weighted by Gasteiger charge is -2.29. The van der Waals surface area contributed by atoms with Crippen molar-refractivity contribution in [1.29, 1.82) is 0 Å². The minimum Gasteiger partial charge on any atom is -0.444 e. The van der Waals surface area contributed by atoms with E-state index >= 15 is 0 Å². The van der Waals surface area contributed by atoms with Crippen molar-refractivity contribution in [3.8, 4) is 11.3 Å². The Bertz CT molecular complexity index is 1130. The molecular weight excluding hydrogens is 397 g/mol. The Hall–Kier alpha value is -3.48. The minimum atomic E-state index is -0.667. The van der Waals surface area contributed by atoms with E-state index in [4.69, 9.17) is 4.74 Å². The van der Waals surface area contributed by atoms with Crippen LogP contribution in [0.3, 0.4) is 0 Å². The van der Waals surface area contributed by atoms with Crippen molar-refractivity contribution in [3.63, 3.8) is 0 Å². The third-order valence-corrected chi connectivity index (χ3v) is 5.06. The number of Topliss-reactive ketones (excluding diaryl/α,β-unsaturated/α-hetero) is 1. The molecule has 0 saturated heterocycles. The number of carbonyl (C=O) groups excluding carboxylic acids is 2. The first kappa shape index (κ1) is 20.8. The van der Waals surface area contributed by atoms with Crippen LogP contribution in [0.15, 0.2) is 48.8 Å². The van der Waals surface area contributed by atoms with E-state index in [1.165, 1.54) is 11.1 Å². The van der Waals surface area contributed by atoms with Gasteiger partial charge in [-0.3, -0.25) is 14.7 Å².